The van der Waals surface area contributed by atoms with Crippen LogP contribution >= 0.6 is 15.9 Å². The van der Waals surface area contributed by atoms with Crippen LogP contribution < -0.4 is 14.8 Å². The second-order valence-corrected chi connectivity index (χ2v) is 10.8. The lowest BCUT2D eigenvalue weighted by Gasteiger charge is -2.37. The van der Waals surface area contributed by atoms with Crippen LogP contribution in [0.2, 0.25) is 0 Å². The Bertz CT molecular complexity index is 1280. The lowest BCUT2D eigenvalue weighted by atomic mass is 9.71. The van der Waals surface area contributed by atoms with Gasteiger partial charge >= 0.3 is 5.97 Å². The normalized spacial score (nSPS) is 22.0. The zero-order valence-electron chi connectivity index (χ0n) is 21.4. The van der Waals surface area contributed by atoms with Crippen LogP contribution in [-0.4, -0.2) is 32.1 Å². The van der Waals surface area contributed by atoms with Gasteiger partial charge in [0.15, 0.2) is 17.3 Å². The minimum atomic E-state index is -0.580. The molecular weight excluding hydrogens is 534 g/mol. The summed E-state index contributed by atoms with van der Waals surface area (Å²) in [6.07, 6.45) is 4.87. The molecule has 0 saturated heterocycles. The maximum atomic E-state index is 13.9. The summed E-state index contributed by atoms with van der Waals surface area (Å²) in [6, 6.07) is 13.8. The Morgan fingerprint density at radius 1 is 1.00 bits per heavy atom. The van der Waals surface area contributed by atoms with Crippen LogP contribution in [0.1, 0.15) is 68.4 Å². The number of Topliss-reactive ketones (excluding diaryl/α,β-unsaturated/α-hetero) is 1. The van der Waals surface area contributed by atoms with Crippen LogP contribution in [0.25, 0.3) is 0 Å². The van der Waals surface area contributed by atoms with Crippen molar-refractivity contribution in [3.8, 4) is 11.5 Å². The largest absolute Gasteiger partial charge is 0.493 e. The summed E-state index contributed by atoms with van der Waals surface area (Å²) in [6.45, 7) is 1.90. The van der Waals surface area contributed by atoms with Crippen LogP contribution in [0.4, 0.5) is 0 Å². The van der Waals surface area contributed by atoms with Gasteiger partial charge in [-0.15, -0.1) is 0 Å². The van der Waals surface area contributed by atoms with Crippen molar-refractivity contribution in [1.29, 1.82) is 0 Å². The fourth-order valence-electron chi connectivity index (χ4n) is 5.89. The van der Waals surface area contributed by atoms with Crippen LogP contribution in [0, 0.1) is 0 Å². The molecule has 1 saturated carbocycles. The van der Waals surface area contributed by atoms with Crippen molar-refractivity contribution in [1.82, 2.24) is 5.32 Å². The lowest BCUT2D eigenvalue weighted by Crippen LogP contribution is -2.36. The molecular formula is C30H32BrNO5. The van der Waals surface area contributed by atoms with Crippen LogP contribution in [-0.2, 0) is 14.3 Å². The molecule has 1 N–H and O–H groups in total. The molecule has 0 amide bonds. The predicted octanol–water partition coefficient (Wildman–Crippen LogP) is 6.31. The first kappa shape index (κ1) is 25.6. The first-order chi connectivity index (χ1) is 17.9. The molecule has 2 unspecified atom stereocenters. The molecule has 1 heterocycles. The first-order valence-electron chi connectivity index (χ1n) is 12.8. The highest BCUT2D eigenvalue weighted by Crippen LogP contribution is 2.49. The number of dihydropyridines is 1. The number of benzene rings is 2. The number of esters is 1. The number of hydrogen-bond donors (Lipinski definition) is 1. The SMILES string of the molecule is COc1cc(Br)c(C2C(C(=O)OC3CCCC3)=C(C)NC3=C2C(=O)CC(c2ccccc2)C3)cc1OC. The quantitative estimate of drug-likeness (QED) is 0.413. The average Bonchev–Trinajstić information content (AvgIpc) is 3.41. The van der Waals surface area contributed by atoms with Crippen molar-refractivity contribution in [2.75, 3.05) is 14.2 Å². The Balaban J connectivity index is 1.61. The summed E-state index contributed by atoms with van der Waals surface area (Å²) < 4.78 is 17.8. The molecule has 37 heavy (non-hydrogen) atoms. The van der Waals surface area contributed by atoms with E-state index in [0.29, 0.717) is 35.5 Å². The number of rotatable bonds is 6. The highest BCUT2D eigenvalue weighted by Gasteiger charge is 2.43. The van der Waals surface area contributed by atoms with E-state index in [1.807, 2.05) is 37.3 Å². The molecule has 2 aromatic carbocycles. The van der Waals surface area contributed by atoms with Gasteiger partial charge in [0, 0.05) is 33.8 Å². The molecule has 0 spiro atoms. The summed E-state index contributed by atoms with van der Waals surface area (Å²) in [5.74, 6) is 0.267. The highest BCUT2D eigenvalue weighted by molar-refractivity contribution is 9.10. The predicted molar refractivity (Wildman–Crippen MR) is 145 cm³/mol. The van der Waals surface area contributed by atoms with Gasteiger partial charge in [-0.05, 0) is 68.2 Å². The van der Waals surface area contributed by atoms with Crippen molar-refractivity contribution in [2.24, 2.45) is 0 Å². The van der Waals surface area contributed by atoms with Crippen molar-refractivity contribution in [2.45, 2.75) is 63.4 Å². The van der Waals surface area contributed by atoms with E-state index in [4.69, 9.17) is 14.2 Å². The molecule has 1 fully saturated rings. The van der Waals surface area contributed by atoms with E-state index in [1.54, 1.807) is 14.2 Å². The van der Waals surface area contributed by atoms with E-state index in [9.17, 15) is 9.59 Å². The monoisotopic (exact) mass is 565 g/mol. The summed E-state index contributed by atoms with van der Waals surface area (Å²) in [4.78, 5) is 27.5. The van der Waals surface area contributed by atoms with Gasteiger partial charge in [-0.3, -0.25) is 4.79 Å². The van der Waals surface area contributed by atoms with E-state index < -0.39 is 5.92 Å². The summed E-state index contributed by atoms with van der Waals surface area (Å²) >= 11 is 3.69. The second kappa shape index (κ2) is 10.7. The van der Waals surface area contributed by atoms with Gasteiger partial charge in [-0.1, -0.05) is 46.3 Å². The third kappa shape index (κ3) is 4.93. The number of hydrogen-bond acceptors (Lipinski definition) is 6. The lowest BCUT2D eigenvalue weighted by molar-refractivity contribution is -0.144. The van der Waals surface area contributed by atoms with Crippen molar-refractivity contribution < 1.29 is 23.8 Å². The van der Waals surface area contributed by atoms with E-state index >= 15 is 0 Å². The number of methoxy groups -OCH3 is 2. The zero-order chi connectivity index (χ0) is 26.1. The van der Waals surface area contributed by atoms with Gasteiger partial charge < -0.3 is 19.5 Å². The van der Waals surface area contributed by atoms with Gasteiger partial charge in [0.2, 0.25) is 0 Å². The Labute approximate surface area is 226 Å². The van der Waals surface area contributed by atoms with E-state index in [0.717, 1.165) is 52.7 Å². The number of allylic oxidation sites excluding steroid dienone is 3. The summed E-state index contributed by atoms with van der Waals surface area (Å²) in [5, 5.41) is 3.44. The minimum Gasteiger partial charge on any atom is -0.493 e. The minimum absolute atomic E-state index is 0.0351. The number of halogens is 1. The summed E-state index contributed by atoms with van der Waals surface area (Å²) in [5.41, 5.74) is 4.60. The van der Waals surface area contributed by atoms with Crippen molar-refractivity contribution in [3.05, 3.63) is 80.6 Å². The molecule has 1 aliphatic heterocycles. The van der Waals surface area contributed by atoms with E-state index in [2.05, 4.69) is 33.4 Å². The Kier molecular flexibility index (Phi) is 7.43. The number of carbonyl (C=O) groups is 2. The highest BCUT2D eigenvalue weighted by atomic mass is 79.9. The van der Waals surface area contributed by atoms with Gasteiger partial charge in [0.1, 0.15) is 6.10 Å². The van der Waals surface area contributed by atoms with Crippen LogP contribution in [0.5, 0.6) is 11.5 Å². The van der Waals surface area contributed by atoms with E-state index in [-0.39, 0.29) is 23.8 Å². The first-order valence-corrected chi connectivity index (χ1v) is 13.6. The molecule has 0 bridgehead atoms. The van der Waals surface area contributed by atoms with Crippen LogP contribution in [0.3, 0.4) is 0 Å². The maximum absolute atomic E-state index is 13.9. The van der Waals surface area contributed by atoms with Crippen LogP contribution in [0.15, 0.2) is 69.5 Å². The number of ketones is 1. The van der Waals surface area contributed by atoms with E-state index in [1.165, 1.54) is 0 Å². The fraction of sp³-hybridized carbons (Fsp3) is 0.400. The van der Waals surface area contributed by atoms with Crippen molar-refractivity contribution >= 4 is 27.7 Å². The van der Waals surface area contributed by atoms with Gasteiger partial charge in [-0.25, -0.2) is 4.79 Å². The third-order valence-corrected chi connectivity index (χ3v) is 8.40. The molecule has 0 aromatic heterocycles. The Morgan fingerprint density at radius 3 is 2.35 bits per heavy atom. The third-order valence-electron chi connectivity index (χ3n) is 7.71. The standard InChI is InChI=1S/C30H32BrNO5/c1-17-27(30(34)37-20-11-7-8-12-20)28(21-15-25(35-2)26(36-3)16-22(21)31)29-23(32-17)13-19(14-24(29)33)18-9-5-4-6-10-18/h4-6,9-10,15-16,19-20,28,32H,7-8,11-14H2,1-3H3. The van der Waals surface area contributed by atoms with Gasteiger partial charge in [0.05, 0.1) is 19.8 Å². The molecule has 0 radical (unpaired) electrons. The smallest absolute Gasteiger partial charge is 0.337 e. The topological polar surface area (TPSA) is 73.9 Å². The molecule has 3 aliphatic rings. The van der Waals surface area contributed by atoms with Gasteiger partial charge in [-0.2, -0.15) is 0 Å². The summed E-state index contributed by atoms with van der Waals surface area (Å²) in [7, 11) is 3.16. The Morgan fingerprint density at radius 2 is 1.68 bits per heavy atom. The number of ether oxygens (including phenoxy) is 3. The zero-order valence-corrected chi connectivity index (χ0v) is 23.0. The Hall–Kier alpha value is -3.06. The molecule has 5 rings (SSSR count). The molecule has 194 valence electrons. The molecule has 6 nitrogen and oxygen atoms in total. The molecule has 7 heteroatoms. The second-order valence-electron chi connectivity index (χ2n) is 9.97. The molecule has 2 aromatic rings. The molecule has 2 aliphatic carbocycles. The molecule has 2 atom stereocenters. The fourth-order valence-corrected chi connectivity index (χ4v) is 6.44. The maximum Gasteiger partial charge on any atom is 0.337 e. The number of nitrogens with one attached hydrogen (secondary N) is 1. The number of carbonyl (C=O) groups excluding carboxylic acids is 2. The average molecular weight is 566 g/mol. The van der Waals surface area contributed by atoms with Gasteiger partial charge in [0.25, 0.3) is 0 Å². The van der Waals surface area contributed by atoms with Crippen molar-refractivity contribution in [3.63, 3.8) is 0 Å².